The highest BCUT2D eigenvalue weighted by atomic mass is 35.7. The minimum absolute atomic E-state index is 0. The predicted octanol–water partition coefficient (Wildman–Crippen LogP) is 7.22. The van der Waals surface area contributed by atoms with Crippen molar-refractivity contribution in [2.45, 2.75) is 17.2 Å². The molecule has 1 aliphatic rings. The van der Waals surface area contributed by atoms with Gasteiger partial charge in [-0.3, -0.25) is 9.25 Å². The third kappa shape index (κ3) is 8.29. The van der Waals surface area contributed by atoms with Crippen LogP contribution >= 0.6 is 33.9 Å². The molecule has 0 unspecified atom stereocenters. The third-order valence-electron chi connectivity index (χ3n) is 5.78. The number of nitrogens with two attached hydrogens (primary N) is 1. The number of aromatic nitrogens is 2. The number of rotatable bonds is 6. The van der Waals surface area contributed by atoms with E-state index in [-0.39, 0.29) is 34.5 Å². The molecule has 5 aromatic rings. The Morgan fingerprint density at radius 2 is 1.46 bits per heavy atom. The molecule has 0 aliphatic heterocycles. The minimum Gasteiger partial charge on any atom is -0.495 e. The van der Waals surface area contributed by atoms with Crippen LogP contribution in [0.15, 0.2) is 91.6 Å². The molecule has 3 N–H and O–H groups in total. The summed E-state index contributed by atoms with van der Waals surface area (Å²) in [5, 5.41) is 8.55. The van der Waals surface area contributed by atoms with Crippen LogP contribution in [0.5, 0.6) is 11.5 Å². The van der Waals surface area contributed by atoms with Crippen molar-refractivity contribution in [1.82, 2.24) is 10.3 Å². The van der Waals surface area contributed by atoms with Gasteiger partial charge in [-0.1, -0.05) is 54.5 Å². The largest absolute Gasteiger partial charge is 0.495 e. The molecule has 0 bridgehead atoms. The Morgan fingerprint density at radius 1 is 0.848 bits per heavy atom. The number of allylic oxidation sites excluding steroid dienone is 2. The Hall–Kier alpha value is -4.30. The number of para-hydroxylation sites is 2. The fraction of sp³-hybridized carbons (Fsp3) is 0.103. The maximum absolute atomic E-state index is 12.5. The molecule has 0 saturated carbocycles. The number of anilines is 2. The van der Waals surface area contributed by atoms with E-state index in [0.717, 1.165) is 0 Å². The number of sulfonamides is 1. The average Bonchev–Trinajstić information content (AvgIpc) is 3.61. The second kappa shape index (κ2) is 15.3. The van der Waals surface area contributed by atoms with Gasteiger partial charge in [-0.2, -0.15) is 0 Å². The van der Waals surface area contributed by atoms with Gasteiger partial charge < -0.3 is 19.7 Å². The van der Waals surface area contributed by atoms with Crippen molar-refractivity contribution in [2.24, 2.45) is 0 Å². The maximum Gasteiger partial charge on any atom is 0.285 e. The van der Waals surface area contributed by atoms with Gasteiger partial charge in [-0.15, -0.1) is 0 Å². The van der Waals surface area contributed by atoms with Crippen molar-refractivity contribution >= 4 is 86.7 Å². The molecule has 12 nitrogen and oxygen atoms in total. The Bertz CT molecular complexity index is 2110. The fourth-order valence-electron chi connectivity index (χ4n) is 3.78. The minimum atomic E-state index is -3.89. The molecule has 46 heavy (non-hydrogen) atoms. The van der Waals surface area contributed by atoms with Crippen LogP contribution in [0.1, 0.15) is 18.8 Å². The van der Waals surface area contributed by atoms with Crippen molar-refractivity contribution in [2.75, 3.05) is 24.7 Å². The molecule has 2 heterocycles. The van der Waals surface area contributed by atoms with E-state index in [4.69, 9.17) is 58.1 Å². The van der Waals surface area contributed by atoms with Gasteiger partial charge in [0, 0.05) is 28.4 Å². The fourth-order valence-corrected chi connectivity index (χ4v) is 6.48. The van der Waals surface area contributed by atoms with E-state index < -0.39 is 19.1 Å². The molecule has 17 heteroatoms. The van der Waals surface area contributed by atoms with E-state index in [1.165, 1.54) is 32.4 Å². The predicted molar refractivity (Wildman–Crippen MR) is 178 cm³/mol. The van der Waals surface area contributed by atoms with E-state index in [9.17, 15) is 16.8 Å². The second-order valence-corrected chi connectivity index (χ2v) is 13.6. The number of halogens is 3. The molecule has 0 fully saturated rings. The molecular formula is C29H26Cl3N4O8S2+. The number of hydrogen-bond acceptors (Lipinski definition) is 11. The second-order valence-electron chi connectivity index (χ2n) is 8.60. The number of nitrogens with zero attached hydrogens (tertiary/aromatic N) is 2. The molecule has 242 valence electrons. The van der Waals surface area contributed by atoms with Crippen LogP contribution in [0, 0.1) is 6.08 Å². The zero-order valence-corrected chi connectivity index (χ0v) is 27.1. The normalized spacial score (nSPS) is 11.7. The molecule has 0 radical (unpaired) electrons. The lowest BCUT2D eigenvalue weighted by atomic mass is 10.1. The summed E-state index contributed by atoms with van der Waals surface area (Å²) in [6.45, 7) is 0. The third-order valence-corrected chi connectivity index (χ3v) is 9.13. The quantitative estimate of drug-likeness (QED) is 0.133. The van der Waals surface area contributed by atoms with Crippen LogP contribution in [0.4, 0.5) is 11.6 Å². The Kier molecular flexibility index (Phi) is 12.0. The molecule has 6 rings (SSSR count). The number of nitrogens with one attached hydrogen (secondary N) is 1. The summed E-state index contributed by atoms with van der Waals surface area (Å²) in [5.41, 5.74) is 6.53. The van der Waals surface area contributed by atoms with Gasteiger partial charge in [0.05, 0.1) is 24.6 Å². The molecule has 1 aliphatic carbocycles. The van der Waals surface area contributed by atoms with Crippen LogP contribution in [-0.2, 0) is 19.1 Å². The van der Waals surface area contributed by atoms with E-state index in [2.05, 4.69) is 21.1 Å². The van der Waals surface area contributed by atoms with Gasteiger partial charge in [0.1, 0.15) is 27.4 Å². The number of fused-ring (bicyclic) bond motifs is 2. The summed E-state index contributed by atoms with van der Waals surface area (Å²) in [6.07, 6.45) is 6.06. The van der Waals surface area contributed by atoms with Gasteiger partial charge in [-0.05, 0) is 41.6 Å². The summed E-state index contributed by atoms with van der Waals surface area (Å²) in [5.74, 6) is 1.40. The summed E-state index contributed by atoms with van der Waals surface area (Å²) in [7, 11) is 0.335. The number of ether oxygens (including phenoxy) is 2. The first-order valence-corrected chi connectivity index (χ1v) is 16.9. The molecule has 0 amide bonds. The maximum atomic E-state index is 12.5. The first-order chi connectivity index (χ1) is 21.4. The summed E-state index contributed by atoms with van der Waals surface area (Å²) in [6, 6.07) is 17.4. The van der Waals surface area contributed by atoms with Gasteiger partial charge in [-0.25, -0.2) is 16.8 Å². The lowest BCUT2D eigenvalue weighted by molar-refractivity contribution is 0.403. The van der Waals surface area contributed by atoms with Crippen LogP contribution in [-0.4, -0.2) is 41.4 Å². The standard InChI is InChI=1S/C14H11ClN2O4S.C7H4ClN2O.C7H7ClO3S.CH4/c1-20-10-6-2-3-8-12(10)22(18,19)17-14-13-9(15)5-4-7-11(13)21-16-14;8-4-2-1-3-5-6(4)7(9)10-11-5;1-11-6-4-2-3-5-7(6)12(8,9)10;/h2-8H,1H3,(H,16,17);2-3H,(H2,9,10);2-5H,1H3;1H4/q;+1;;. The van der Waals surface area contributed by atoms with Gasteiger partial charge in [0.25, 0.3) is 24.8 Å². The van der Waals surface area contributed by atoms with Gasteiger partial charge >= 0.3 is 0 Å². The van der Waals surface area contributed by atoms with E-state index in [1.54, 1.807) is 60.7 Å². The molecular weight excluding hydrogens is 703 g/mol. The molecule has 0 saturated heterocycles. The average molecular weight is 729 g/mol. The molecule has 2 aromatic heterocycles. The van der Waals surface area contributed by atoms with Crippen LogP contribution in [0.2, 0.25) is 5.02 Å². The molecule has 3 aromatic carbocycles. The van der Waals surface area contributed by atoms with Crippen LogP contribution < -0.4 is 19.9 Å². The zero-order valence-electron chi connectivity index (χ0n) is 23.2. The van der Waals surface area contributed by atoms with E-state index >= 15 is 0 Å². The zero-order chi connectivity index (χ0) is 32.8. The molecule has 0 spiro atoms. The van der Waals surface area contributed by atoms with E-state index in [0.29, 0.717) is 38.2 Å². The number of hydrogen-bond donors (Lipinski definition) is 2. The Morgan fingerprint density at radius 3 is 2.04 bits per heavy atom. The first kappa shape index (κ1) is 36.2. The van der Waals surface area contributed by atoms with Crippen LogP contribution in [0.25, 0.3) is 22.1 Å². The highest BCUT2D eigenvalue weighted by molar-refractivity contribution is 8.13. The highest BCUT2D eigenvalue weighted by Gasteiger charge is 2.26. The van der Waals surface area contributed by atoms with Crippen molar-refractivity contribution in [3.63, 3.8) is 0 Å². The van der Waals surface area contributed by atoms with Crippen molar-refractivity contribution in [3.8, 4) is 11.5 Å². The Balaban J connectivity index is 0.000000203. The van der Waals surface area contributed by atoms with Gasteiger partial charge in [0.15, 0.2) is 28.1 Å². The van der Waals surface area contributed by atoms with E-state index in [1.807, 2.05) is 0 Å². The lowest BCUT2D eigenvalue weighted by Gasteiger charge is -2.09. The van der Waals surface area contributed by atoms with Crippen molar-refractivity contribution in [3.05, 3.63) is 95.2 Å². The number of methoxy groups -OCH3 is 2. The Labute approximate surface area is 279 Å². The van der Waals surface area contributed by atoms with Crippen molar-refractivity contribution in [1.29, 1.82) is 0 Å². The monoisotopic (exact) mass is 727 g/mol. The number of nitrogen functional groups attached to an aromatic ring is 1. The van der Waals surface area contributed by atoms with Crippen LogP contribution in [0.3, 0.4) is 0 Å². The summed E-state index contributed by atoms with van der Waals surface area (Å²) < 4.78 is 69.0. The van der Waals surface area contributed by atoms with Crippen molar-refractivity contribution < 1.29 is 35.4 Å². The first-order valence-electron chi connectivity index (χ1n) is 12.3. The number of benzene rings is 3. The smallest absolute Gasteiger partial charge is 0.285 e. The van der Waals surface area contributed by atoms with Gasteiger partial charge in [0.2, 0.25) is 5.82 Å². The highest BCUT2D eigenvalue weighted by Crippen LogP contribution is 2.33. The SMILES string of the molecule is C.COc1ccccc1S(=O)(=O)Cl.COc1ccccc1S(=O)(=O)Nc1noc2cccc(Cl)c12.Nc1noc2c1C(Cl)=C[C+]=C2. The topological polar surface area (TPSA) is 177 Å². The summed E-state index contributed by atoms with van der Waals surface area (Å²) >= 11 is 11.9. The molecule has 0 atom stereocenters. The summed E-state index contributed by atoms with van der Waals surface area (Å²) in [4.78, 5) is -0.00475. The lowest BCUT2D eigenvalue weighted by Crippen LogP contribution is -2.14.